The lowest BCUT2D eigenvalue weighted by atomic mass is 10.0. The molecule has 1 aromatic carbocycles. The Morgan fingerprint density at radius 1 is 1.29 bits per heavy atom. The highest BCUT2D eigenvalue weighted by molar-refractivity contribution is 5.82. The summed E-state index contributed by atoms with van der Waals surface area (Å²) in [6, 6.07) is 5.62. The fourth-order valence-electron chi connectivity index (χ4n) is 2.91. The van der Waals surface area contributed by atoms with Gasteiger partial charge >= 0.3 is 0 Å². The van der Waals surface area contributed by atoms with E-state index in [2.05, 4.69) is 10.2 Å². The van der Waals surface area contributed by atoms with Crippen molar-refractivity contribution in [3.8, 4) is 11.5 Å². The molecule has 1 saturated heterocycles. The molecule has 0 aromatic heterocycles. The van der Waals surface area contributed by atoms with Crippen LogP contribution in [-0.4, -0.2) is 50.2 Å². The summed E-state index contributed by atoms with van der Waals surface area (Å²) in [6.07, 6.45) is 0.942. The third-order valence-electron chi connectivity index (χ3n) is 4.46. The van der Waals surface area contributed by atoms with Gasteiger partial charge in [0.15, 0.2) is 0 Å². The van der Waals surface area contributed by atoms with Gasteiger partial charge in [0.05, 0.1) is 20.3 Å². The number of carbonyl (C=O) groups is 1. The Morgan fingerprint density at radius 2 is 1.92 bits per heavy atom. The molecule has 1 amide bonds. The number of nitrogens with two attached hydrogens (primary N) is 1. The van der Waals surface area contributed by atoms with E-state index in [1.165, 1.54) is 0 Å². The van der Waals surface area contributed by atoms with E-state index in [0.717, 1.165) is 43.1 Å². The molecule has 0 bridgehead atoms. The van der Waals surface area contributed by atoms with Gasteiger partial charge in [0, 0.05) is 31.7 Å². The highest BCUT2D eigenvalue weighted by atomic mass is 16.5. The number of nitrogens with one attached hydrogen (secondary N) is 1. The number of nitrogens with zero attached hydrogens (tertiary/aromatic N) is 1. The van der Waals surface area contributed by atoms with Crippen LogP contribution in [-0.2, 0) is 11.3 Å². The van der Waals surface area contributed by atoms with Crippen LogP contribution in [0.4, 0.5) is 0 Å². The third-order valence-corrected chi connectivity index (χ3v) is 4.46. The van der Waals surface area contributed by atoms with E-state index in [1.807, 2.05) is 32.0 Å². The number of carbonyl (C=O) groups excluding carboxylic acids is 1. The van der Waals surface area contributed by atoms with Crippen LogP contribution in [0.1, 0.15) is 25.8 Å². The Labute approximate surface area is 144 Å². The maximum atomic E-state index is 12.1. The molecule has 0 spiro atoms. The van der Waals surface area contributed by atoms with Crippen molar-refractivity contribution in [2.45, 2.75) is 38.9 Å². The highest BCUT2D eigenvalue weighted by Crippen LogP contribution is 2.24. The van der Waals surface area contributed by atoms with Crippen LogP contribution in [0.25, 0.3) is 0 Å². The van der Waals surface area contributed by atoms with Gasteiger partial charge < -0.3 is 20.5 Å². The number of hydrogen-bond acceptors (Lipinski definition) is 5. The van der Waals surface area contributed by atoms with Crippen LogP contribution in [0.5, 0.6) is 11.5 Å². The summed E-state index contributed by atoms with van der Waals surface area (Å²) in [5.41, 5.74) is 7.04. The number of rotatable bonds is 7. The van der Waals surface area contributed by atoms with Crippen LogP contribution in [0.15, 0.2) is 18.2 Å². The summed E-state index contributed by atoms with van der Waals surface area (Å²) < 4.78 is 10.6. The number of likely N-dealkylation sites (tertiary alicyclic amines) is 1. The van der Waals surface area contributed by atoms with Crippen molar-refractivity contribution in [3.63, 3.8) is 0 Å². The summed E-state index contributed by atoms with van der Waals surface area (Å²) in [5, 5.41) is 3.07. The first-order chi connectivity index (χ1) is 11.4. The fraction of sp³-hybridized carbons (Fsp3) is 0.611. The Morgan fingerprint density at radius 3 is 2.46 bits per heavy atom. The molecule has 1 aliphatic rings. The molecule has 0 aliphatic carbocycles. The van der Waals surface area contributed by atoms with Gasteiger partial charge in [-0.15, -0.1) is 0 Å². The molecule has 3 N–H and O–H groups in total. The maximum Gasteiger partial charge on any atom is 0.237 e. The maximum absolute atomic E-state index is 12.1. The first kappa shape index (κ1) is 18.5. The smallest absolute Gasteiger partial charge is 0.237 e. The Hall–Kier alpha value is -1.79. The molecule has 1 heterocycles. The molecule has 134 valence electrons. The number of ether oxygens (including phenoxy) is 2. The summed E-state index contributed by atoms with van der Waals surface area (Å²) in [7, 11) is 3.30. The van der Waals surface area contributed by atoms with E-state index in [1.54, 1.807) is 14.2 Å². The van der Waals surface area contributed by atoms with Crippen LogP contribution >= 0.6 is 0 Å². The van der Waals surface area contributed by atoms with E-state index in [0.29, 0.717) is 0 Å². The molecule has 2 atom stereocenters. The van der Waals surface area contributed by atoms with Crippen molar-refractivity contribution in [1.82, 2.24) is 10.2 Å². The minimum absolute atomic E-state index is 0.0556. The zero-order valence-corrected chi connectivity index (χ0v) is 15.0. The molecule has 0 radical (unpaired) electrons. The average molecular weight is 335 g/mol. The van der Waals surface area contributed by atoms with E-state index >= 15 is 0 Å². The predicted molar refractivity (Wildman–Crippen MR) is 94.2 cm³/mol. The average Bonchev–Trinajstić information content (AvgIpc) is 3.00. The van der Waals surface area contributed by atoms with Crippen molar-refractivity contribution >= 4 is 5.91 Å². The molecule has 1 aliphatic heterocycles. The summed E-state index contributed by atoms with van der Waals surface area (Å²) in [6.45, 7) is 6.50. The Bertz CT molecular complexity index is 540. The number of methoxy groups -OCH3 is 2. The van der Waals surface area contributed by atoms with Crippen LogP contribution in [0.2, 0.25) is 0 Å². The molecular weight excluding hydrogens is 306 g/mol. The largest absolute Gasteiger partial charge is 0.497 e. The minimum Gasteiger partial charge on any atom is -0.497 e. The monoisotopic (exact) mass is 335 g/mol. The van der Waals surface area contributed by atoms with Crippen molar-refractivity contribution in [2.75, 3.05) is 27.3 Å². The van der Waals surface area contributed by atoms with Gasteiger partial charge in [0.1, 0.15) is 11.5 Å². The summed E-state index contributed by atoms with van der Waals surface area (Å²) >= 11 is 0. The highest BCUT2D eigenvalue weighted by Gasteiger charge is 2.26. The van der Waals surface area contributed by atoms with Crippen LogP contribution < -0.4 is 20.5 Å². The zero-order valence-electron chi connectivity index (χ0n) is 15.0. The molecule has 1 fully saturated rings. The fourth-order valence-corrected chi connectivity index (χ4v) is 2.91. The third kappa shape index (κ3) is 4.85. The molecule has 1 unspecified atom stereocenters. The lowest BCUT2D eigenvalue weighted by Crippen LogP contribution is -2.48. The van der Waals surface area contributed by atoms with Crippen LogP contribution in [0.3, 0.4) is 0 Å². The summed E-state index contributed by atoms with van der Waals surface area (Å²) in [5.74, 6) is 1.67. The molecule has 24 heavy (non-hydrogen) atoms. The standard InChI is InChI=1S/C18H29N3O3/c1-12(2)17(19)18(22)20-14-5-6-21(11-14)10-13-7-15(23-3)9-16(8-13)24-4/h7-9,12,14,17H,5-6,10-11,19H2,1-4H3,(H,20,22)/t14?,17-/m0/s1. The van der Waals surface area contributed by atoms with Crippen molar-refractivity contribution in [2.24, 2.45) is 11.7 Å². The van der Waals surface area contributed by atoms with Crippen molar-refractivity contribution in [3.05, 3.63) is 23.8 Å². The van der Waals surface area contributed by atoms with E-state index < -0.39 is 6.04 Å². The quantitative estimate of drug-likeness (QED) is 0.787. The topological polar surface area (TPSA) is 76.8 Å². The van der Waals surface area contributed by atoms with E-state index in [9.17, 15) is 4.79 Å². The number of benzene rings is 1. The Balaban J connectivity index is 1.91. The second-order valence-corrected chi connectivity index (χ2v) is 6.72. The first-order valence-corrected chi connectivity index (χ1v) is 8.43. The molecule has 1 aromatic rings. The van der Waals surface area contributed by atoms with Gasteiger partial charge in [0.25, 0.3) is 0 Å². The van der Waals surface area contributed by atoms with Gasteiger partial charge in [0.2, 0.25) is 5.91 Å². The second-order valence-electron chi connectivity index (χ2n) is 6.72. The zero-order chi connectivity index (χ0) is 17.7. The predicted octanol–water partition coefficient (Wildman–Crippen LogP) is 1.38. The molecule has 2 rings (SSSR count). The number of amides is 1. The number of hydrogen-bond donors (Lipinski definition) is 2. The van der Waals surface area contributed by atoms with Gasteiger partial charge in [-0.05, 0) is 30.0 Å². The van der Waals surface area contributed by atoms with E-state index in [-0.39, 0.29) is 17.9 Å². The van der Waals surface area contributed by atoms with Gasteiger partial charge in [-0.25, -0.2) is 0 Å². The van der Waals surface area contributed by atoms with E-state index in [4.69, 9.17) is 15.2 Å². The normalized spacial score (nSPS) is 19.3. The lowest BCUT2D eigenvalue weighted by molar-refractivity contribution is -0.123. The van der Waals surface area contributed by atoms with Gasteiger partial charge in [-0.3, -0.25) is 9.69 Å². The summed E-state index contributed by atoms with van der Waals surface area (Å²) in [4.78, 5) is 14.4. The second kappa shape index (κ2) is 8.35. The molecular formula is C18H29N3O3. The first-order valence-electron chi connectivity index (χ1n) is 8.43. The molecule has 6 nitrogen and oxygen atoms in total. The van der Waals surface area contributed by atoms with Crippen molar-refractivity contribution < 1.29 is 14.3 Å². The molecule has 0 saturated carbocycles. The molecule has 6 heteroatoms. The van der Waals surface area contributed by atoms with Gasteiger partial charge in [-0.1, -0.05) is 13.8 Å². The minimum atomic E-state index is -0.443. The SMILES string of the molecule is COc1cc(CN2CCC(NC(=O)[C@@H](N)C(C)C)C2)cc(OC)c1. The van der Waals surface area contributed by atoms with Crippen LogP contribution in [0, 0.1) is 5.92 Å². The van der Waals surface area contributed by atoms with Crippen molar-refractivity contribution in [1.29, 1.82) is 0 Å². The Kier molecular flexibility index (Phi) is 6.45. The van der Waals surface area contributed by atoms with Gasteiger partial charge in [-0.2, -0.15) is 0 Å². The lowest BCUT2D eigenvalue weighted by Gasteiger charge is -2.20.